The average molecular weight is 363 g/mol. The number of hydrogen-bond donors (Lipinski definition) is 3. The van der Waals surface area contributed by atoms with Crippen molar-refractivity contribution in [3.05, 3.63) is 20.8 Å². The molecule has 0 bridgehead atoms. The van der Waals surface area contributed by atoms with Crippen molar-refractivity contribution in [1.82, 2.24) is 10.6 Å². The molecule has 0 saturated heterocycles. The molecular weight excluding hydrogens is 344 g/mol. The van der Waals surface area contributed by atoms with Crippen LogP contribution in [-0.2, 0) is 11.2 Å². The number of carboxylic acids is 1. The van der Waals surface area contributed by atoms with Gasteiger partial charge in [0.15, 0.2) is 0 Å². The molecule has 0 aliphatic heterocycles. The molecule has 2 amide bonds. The third kappa shape index (κ3) is 6.38. The summed E-state index contributed by atoms with van der Waals surface area (Å²) in [5.41, 5.74) is 0. The van der Waals surface area contributed by atoms with Crippen LogP contribution in [0.2, 0.25) is 0 Å². The Morgan fingerprint density at radius 1 is 1.40 bits per heavy atom. The molecule has 1 aromatic heterocycles. The molecule has 112 valence electrons. The van der Waals surface area contributed by atoms with Crippen molar-refractivity contribution >= 4 is 39.3 Å². The van der Waals surface area contributed by atoms with Crippen LogP contribution in [0.25, 0.3) is 0 Å². The third-order valence-electron chi connectivity index (χ3n) is 2.80. The summed E-state index contributed by atoms with van der Waals surface area (Å²) in [5, 5.41) is 14.2. The van der Waals surface area contributed by atoms with E-state index in [1.807, 2.05) is 26.0 Å². The first kappa shape index (κ1) is 17.0. The van der Waals surface area contributed by atoms with Crippen molar-refractivity contribution in [1.29, 1.82) is 0 Å². The molecule has 1 atom stereocenters. The summed E-state index contributed by atoms with van der Waals surface area (Å²) in [6.07, 6.45) is 0.692. The van der Waals surface area contributed by atoms with Crippen LogP contribution in [0.4, 0.5) is 4.79 Å². The van der Waals surface area contributed by atoms with Crippen molar-refractivity contribution in [2.45, 2.75) is 32.7 Å². The van der Waals surface area contributed by atoms with Gasteiger partial charge in [-0.15, -0.1) is 11.3 Å². The van der Waals surface area contributed by atoms with E-state index in [-0.39, 0.29) is 24.4 Å². The zero-order valence-corrected chi connectivity index (χ0v) is 13.9. The first-order valence-corrected chi connectivity index (χ1v) is 7.99. The lowest BCUT2D eigenvalue weighted by Crippen LogP contribution is -2.45. The lowest BCUT2D eigenvalue weighted by molar-refractivity contribution is -0.137. The number of carbonyl (C=O) groups is 2. The minimum atomic E-state index is -0.910. The molecule has 1 aromatic rings. The molecule has 0 aliphatic rings. The van der Waals surface area contributed by atoms with Crippen LogP contribution >= 0.6 is 27.3 Å². The second-order valence-corrected chi connectivity index (χ2v) is 7.35. The molecule has 7 heteroatoms. The van der Waals surface area contributed by atoms with E-state index in [1.165, 1.54) is 4.88 Å². The molecule has 3 N–H and O–H groups in total. The molecule has 0 radical (unpaired) electrons. The van der Waals surface area contributed by atoms with Gasteiger partial charge in [-0.2, -0.15) is 0 Å². The molecular formula is C13H19BrN2O3S. The molecule has 5 nitrogen and oxygen atoms in total. The highest BCUT2D eigenvalue weighted by Gasteiger charge is 2.19. The Balaban J connectivity index is 2.32. The lowest BCUT2D eigenvalue weighted by Gasteiger charge is -2.20. The van der Waals surface area contributed by atoms with Gasteiger partial charge >= 0.3 is 12.0 Å². The van der Waals surface area contributed by atoms with Crippen LogP contribution in [0.3, 0.4) is 0 Å². The topological polar surface area (TPSA) is 78.4 Å². The number of halogens is 1. The van der Waals surface area contributed by atoms with Gasteiger partial charge in [0.05, 0.1) is 10.2 Å². The highest BCUT2D eigenvalue weighted by atomic mass is 79.9. The Morgan fingerprint density at radius 2 is 2.10 bits per heavy atom. The number of amides is 2. The quantitative estimate of drug-likeness (QED) is 0.697. The highest BCUT2D eigenvalue weighted by molar-refractivity contribution is 9.11. The standard InChI is InChI=1S/C13H19BrN2O3S/c1-8(2)10(7-12(17)18)16-13(19)15-6-5-9-3-4-11(14)20-9/h3-4,8,10H,5-7H2,1-2H3,(H,17,18)(H2,15,16,19). The Hall–Kier alpha value is -1.08. The Kier molecular flexibility index (Phi) is 7.01. The van der Waals surface area contributed by atoms with Crippen molar-refractivity contribution in [3.63, 3.8) is 0 Å². The van der Waals surface area contributed by atoms with Crippen molar-refractivity contribution in [2.75, 3.05) is 6.54 Å². The van der Waals surface area contributed by atoms with Crippen LogP contribution in [0.1, 0.15) is 25.1 Å². The predicted octanol–water partition coefficient (Wildman–Crippen LogP) is 2.85. The summed E-state index contributed by atoms with van der Waals surface area (Å²) in [6.45, 7) is 4.30. The van der Waals surface area contributed by atoms with E-state index in [4.69, 9.17) is 5.11 Å². The van der Waals surface area contributed by atoms with Crippen LogP contribution in [0, 0.1) is 5.92 Å². The summed E-state index contributed by atoms with van der Waals surface area (Å²) < 4.78 is 1.07. The summed E-state index contributed by atoms with van der Waals surface area (Å²) >= 11 is 5.02. The van der Waals surface area contributed by atoms with Gasteiger partial charge in [0.2, 0.25) is 0 Å². The van der Waals surface area contributed by atoms with E-state index in [0.29, 0.717) is 6.54 Å². The maximum Gasteiger partial charge on any atom is 0.315 e. The number of nitrogens with one attached hydrogen (secondary N) is 2. The zero-order chi connectivity index (χ0) is 15.1. The number of carboxylic acid groups (broad SMARTS) is 1. The van der Waals surface area contributed by atoms with E-state index in [1.54, 1.807) is 11.3 Å². The Morgan fingerprint density at radius 3 is 2.60 bits per heavy atom. The largest absolute Gasteiger partial charge is 0.481 e. The molecule has 0 saturated carbocycles. The van der Waals surface area contributed by atoms with E-state index in [2.05, 4.69) is 26.6 Å². The molecule has 0 spiro atoms. The van der Waals surface area contributed by atoms with Gasteiger partial charge in [0.1, 0.15) is 0 Å². The highest BCUT2D eigenvalue weighted by Crippen LogP contribution is 2.21. The second kappa shape index (κ2) is 8.26. The normalized spacial score (nSPS) is 12.2. The molecule has 0 aliphatic carbocycles. The minimum Gasteiger partial charge on any atom is -0.481 e. The summed E-state index contributed by atoms with van der Waals surface area (Å²) in [6, 6.07) is 3.31. The molecule has 0 aromatic carbocycles. The monoisotopic (exact) mass is 362 g/mol. The average Bonchev–Trinajstić information content (AvgIpc) is 2.73. The number of aliphatic carboxylic acids is 1. The molecule has 0 fully saturated rings. The van der Waals surface area contributed by atoms with Crippen LogP contribution in [0.15, 0.2) is 15.9 Å². The number of urea groups is 1. The lowest BCUT2D eigenvalue weighted by atomic mass is 10.0. The van der Waals surface area contributed by atoms with Gasteiger partial charge in [-0.25, -0.2) is 4.79 Å². The summed E-state index contributed by atoms with van der Waals surface area (Å²) in [7, 11) is 0. The molecule has 1 heterocycles. The number of carbonyl (C=O) groups excluding carboxylic acids is 1. The fraction of sp³-hybridized carbons (Fsp3) is 0.538. The predicted molar refractivity (Wildman–Crippen MR) is 83.1 cm³/mol. The smallest absolute Gasteiger partial charge is 0.315 e. The molecule has 20 heavy (non-hydrogen) atoms. The fourth-order valence-electron chi connectivity index (χ4n) is 1.65. The van der Waals surface area contributed by atoms with Gasteiger partial charge in [-0.1, -0.05) is 13.8 Å². The number of rotatable bonds is 7. The van der Waals surface area contributed by atoms with Gasteiger partial charge in [-0.3, -0.25) is 4.79 Å². The fourth-order valence-corrected chi connectivity index (χ4v) is 3.13. The van der Waals surface area contributed by atoms with Crippen LogP contribution < -0.4 is 10.6 Å². The van der Waals surface area contributed by atoms with E-state index in [0.717, 1.165) is 10.2 Å². The first-order chi connectivity index (χ1) is 9.38. The molecule has 1 rings (SSSR count). The Labute approximate surface area is 130 Å². The van der Waals surface area contributed by atoms with Gasteiger partial charge in [-0.05, 0) is 40.4 Å². The van der Waals surface area contributed by atoms with Gasteiger partial charge in [0, 0.05) is 17.5 Å². The van der Waals surface area contributed by atoms with E-state index < -0.39 is 5.97 Å². The molecule has 1 unspecified atom stereocenters. The third-order valence-corrected chi connectivity index (χ3v) is 4.48. The van der Waals surface area contributed by atoms with Crippen molar-refractivity contribution in [3.8, 4) is 0 Å². The maximum atomic E-state index is 11.7. The van der Waals surface area contributed by atoms with Crippen molar-refractivity contribution in [2.24, 2.45) is 5.92 Å². The summed E-state index contributed by atoms with van der Waals surface area (Å²) in [5.74, 6) is -0.836. The van der Waals surface area contributed by atoms with Crippen molar-refractivity contribution < 1.29 is 14.7 Å². The Bertz CT molecular complexity index is 462. The number of hydrogen-bond acceptors (Lipinski definition) is 3. The van der Waals surface area contributed by atoms with E-state index >= 15 is 0 Å². The van der Waals surface area contributed by atoms with Gasteiger partial charge in [0.25, 0.3) is 0 Å². The number of thiophene rings is 1. The second-order valence-electron chi connectivity index (χ2n) is 4.80. The zero-order valence-electron chi connectivity index (χ0n) is 11.5. The van der Waals surface area contributed by atoms with Gasteiger partial charge < -0.3 is 15.7 Å². The SMILES string of the molecule is CC(C)C(CC(=O)O)NC(=O)NCCc1ccc(Br)s1. The maximum absolute atomic E-state index is 11.7. The van der Waals surface area contributed by atoms with Crippen LogP contribution in [0.5, 0.6) is 0 Å². The summed E-state index contributed by atoms with van der Waals surface area (Å²) in [4.78, 5) is 23.6. The first-order valence-electron chi connectivity index (χ1n) is 6.39. The minimum absolute atomic E-state index is 0.0665. The van der Waals surface area contributed by atoms with Crippen LogP contribution in [-0.4, -0.2) is 29.7 Å². The van der Waals surface area contributed by atoms with E-state index in [9.17, 15) is 9.59 Å².